The molecule has 0 bridgehead atoms. The normalized spacial score (nSPS) is 11.9. The fourth-order valence-electron chi connectivity index (χ4n) is 2.47. The fraction of sp³-hybridized carbons (Fsp3) is 0.588. The first-order valence-corrected chi connectivity index (χ1v) is 7.61. The van der Waals surface area contributed by atoms with Crippen LogP contribution in [0.15, 0.2) is 18.2 Å². The zero-order valence-electron chi connectivity index (χ0n) is 13.8. The molecule has 0 aliphatic heterocycles. The van der Waals surface area contributed by atoms with E-state index in [4.69, 9.17) is 11.5 Å². The third-order valence-corrected chi connectivity index (χ3v) is 3.77. The standard InChI is InChI=1S/C17H29N3O/c1-5-8-20(12-17(3,4)11-18)10-15-7-6-14(16(19)21)9-13(15)2/h6-7,9H,5,8,10-12,18H2,1-4H3,(H2,19,21). The first kappa shape index (κ1) is 17.7. The number of carbonyl (C=O) groups is 1. The molecule has 0 atom stereocenters. The monoisotopic (exact) mass is 291 g/mol. The number of amides is 1. The molecule has 0 saturated carbocycles. The van der Waals surface area contributed by atoms with Gasteiger partial charge in [0.2, 0.25) is 5.91 Å². The lowest BCUT2D eigenvalue weighted by Gasteiger charge is -2.32. The van der Waals surface area contributed by atoms with E-state index in [1.165, 1.54) is 5.56 Å². The van der Waals surface area contributed by atoms with Gasteiger partial charge in [0.25, 0.3) is 0 Å². The highest BCUT2D eigenvalue weighted by Gasteiger charge is 2.20. The van der Waals surface area contributed by atoms with E-state index in [1.54, 1.807) is 0 Å². The molecule has 1 aromatic carbocycles. The van der Waals surface area contributed by atoms with Gasteiger partial charge in [0.1, 0.15) is 0 Å². The molecule has 0 saturated heterocycles. The number of hydrogen-bond acceptors (Lipinski definition) is 3. The van der Waals surface area contributed by atoms with Crippen molar-refractivity contribution in [3.05, 3.63) is 34.9 Å². The summed E-state index contributed by atoms with van der Waals surface area (Å²) in [4.78, 5) is 13.6. The quantitative estimate of drug-likeness (QED) is 0.772. The summed E-state index contributed by atoms with van der Waals surface area (Å²) < 4.78 is 0. The number of benzene rings is 1. The zero-order valence-corrected chi connectivity index (χ0v) is 13.8. The van der Waals surface area contributed by atoms with Crippen LogP contribution in [-0.4, -0.2) is 30.4 Å². The Hall–Kier alpha value is -1.39. The summed E-state index contributed by atoms with van der Waals surface area (Å²) in [5.74, 6) is -0.376. The molecule has 0 heterocycles. The van der Waals surface area contributed by atoms with E-state index in [1.807, 2.05) is 25.1 Å². The molecule has 0 fully saturated rings. The Morgan fingerprint density at radius 3 is 2.48 bits per heavy atom. The average molecular weight is 291 g/mol. The van der Waals surface area contributed by atoms with Gasteiger partial charge in [-0.1, -0.05) is 26.8 Å². The Kier molecular flexibility index (Phi) is 6.37. The van der Waals surface area contributed by atoms with E-state index in [0.717, 1.165) is 31.6 Å². The van der Waals surface area contributed by atoms with Gasteiger partial charge in [0.05, 0.1) is 0 Å². The lowest BCUT2D eigenvalue weighted by molar-refractivity contribution is 0.1000. The third kappa shape index (κ3) is 5.48. The van der Waals surface area contributed by atoms with Gasteiger partial charge in [-0.05, 0) is 55.1 Å². The Balaban J connectivity index is 2.86. The number of hydrogen-bond donors (Lipinski definition) is 2. The Morgan fingerprint density at radius 2 is 2.00 bits per heavy atom. The van der Waals surface area contributed by atoms with Crippen LogP contribution >= 0.6 is 0 Å². The van der Waals surface area contributed by atoms with E-state index >= 15 is 0 Å². The molecule has 0 radical (unpaired) electrons. The molecule has 0 aromatic heterocycles. The van der Waals surface area contributed by atoms with Crippen molar-refractivity contribution in [2.75, 3.05) is 19.6 Å². The number of nitrogens with two attached hydrogens (primary N) is 2. The summed E-state index contributed by atoms with van der Waals surface area (Å²) in [6.07, 6.45) is 1.11. The van der Waals surface area contributed by atoms with Crippen LogP contribution in [-0.2, 0) is 6.54 Å². The van der Waals surface area contributed by atoms with Crippen LogP contribution in [0.3, 0.4) is 0 Å². The second-order valence-corrected chi connectivity index (χ2v) is 6.58. The van der Waals surface area contributed by atoms with E-state index in [-0.39, 0.29) is 11.3 Å². The molecule has 0 aliphatic carbocycles. The second kappa shape index (κ2) is 7.57. The predicted octanol–water partition coefficient (Wildman–Crippen LogP) is 2.29. The molecule has 0 aliphatic rings. The third-order valence-electron chi connectivity index (χ3n) is 3.77. The van der Waals surface area contributed by atoms with E-state index in [9.17, 15) is 4.79 Å². The second-order valence-electron chi connectivity index (χ2n) is 6.58. The minimum Gasteiger partial charge on any atom is -0.366 e. The molecule has 0 unspecified atom stereocenters. The van der Waals surface area contributed by atoms with Crippen molar-refractivity contribution < 1.29 is 4.79 Å². The topological polar surface area (TPSA) is 72.3 Å². The number of primary amides is 1. The highest BCUT2D eigenvalue weighted by atomic mass is 16.1. The van der Waals surface area contributed by atoms with Crippen LogP contribution in [0.1, 0.15) is 48.7 Å². The summed E-state index contributed by atoms with van der Waals surface area (Å²) in [5, 5.41) is 0. The lowest BCUT2D eigenvalue weighted by Crippen LogP contribution is -2.39. The van der Waals surface area contributed by atoms with Crippen molar-refractivity contribution in [3.8, 4) is 0 Å². The van der Waals surface area contributed by atoms with Crippen LogP contribution < -0.4 is 11.5 Å². The minimum atomic E-state index is -0.376. The van der Waals surface area contributed by atoms with Gasteiger partial charge in [-0.3, -0.25) is 9.69 Å². The molecule has 1 aromatic rings. The summed E-state index contributed by atoms with van der Waals surface area (Å²) in [7, 11) is 0. The SMILES string of the molecule is CCCN(Cc1ccc(C(N)=O)cc1C)CC(C)(C)CN. The number of nitrogens with zero attached hydrogens (tertiary/aromatic N) is 1. The Labute approximate surface area is 128 Å². The molecule has 0 spiro atoms. The number of carbonyl (C=O) groups excluding carboxylic acids is 1. The highest BCUT2D eigenvalue weighted by Crippen LogP contribution is 2.19. The van der Waals surface area contributed by atoms with Gasteiger partial charge in [-0.15, -0.1) is 0 Å². The first-order chi connectivity index (χ1) is 9.79. The molecule has 4 N–H and O–H groups in total. The summed E-state index contributed by atoms with van der Waals surface area (Å²) >= 11 is 0. The predicted molar refractivity (Wildman–Crippen MR) is 88.1 cm³/mol. The van der Waals surface area contributed by atoms with Gasteiger partial charge in [0, 0.05) is 18.7 Å². The molecule has 1 rings (SSSR count). The zero-order chi connectivity index (χ0) is 16.0. The average Bonchev–Trinajstić information content (AvgIpc) is 2.40. The maximum Gasteiger partial charge on any atom is 0.248 e. The number of aryl methyl sites for hydroxylation is 1. The van der Waals surface area contributed by atoms with Gasteiger partial charge >= 0.3 is 0 Å². The van der Waals surface area contributed by atoms with Crippen molar-refractivity contribution in [1.29, 1.82) is 0 Å². The fourth-order valence-corrected chi connectivity index (χ4v) is 2.47. The molecule has 1 amide bonds. The van der Waals surface area contributed by atoms with Crippen LogP contribution in [0.4, 0.5) is 0 Å². The molecule has 4 heteroatoms. The van der Waals surface area contributed by atoms with Gasteiger partial charge in [0.15, 0.2) is 0 Å². The Morgan fingerprint density at radius 1 is 1.33 bits per heavy atom. The van der Waals surface area contributed by atoms with Crippen molar-refractivity contribution in [2.24, 2.45) is 16.9 Å². The summed E-state index contributed by atoms with van der Waals surface area (Å²) in [6.45, 7) is 12.2. The summed E-state index contributed by atoms with van der Waals surface area (Å²) in [5.41, 5.74) is 14.2. The first-order valence-electron chi connectivity index (χ1n) is 7.61. The molecular formula is C17H29N3O. The van der Waals surface area contributed by atoms with Crippen molar-refractivity contribution in [1.82, 2.24) is 4.90 Å². The molecular weight excluding hydrogens is 262 g/mol. The van der Waals surface area contributed by atoms with Crippen LogP contribution in [0.25, 0.3) is 0 Å². The minimum absolute atomic E-state index is 0.107. The molecule has 118 valence electrons. The Bertz CT molecular complexity index is 483. The van der Waals surface area contributed by atoms with Crippen molar-refractivity contribution in [2.45, 2.75) is 40.7 Å². The summed E-state index contributed by atoms with van der Waals surface area (Å²) in [6, 6.07) is 5.69. The number of rotatable bonds is 8. The largest absolute Gasteiger partial charge is 0.366 e. The van der Waals surface area contributed by atoms with Gasteiger partial charge in [-0.25, -0.2) is 0 Å². The smallest absolute Gasteiger partial charge is 0.248 e. The van der Waals surface area contributed by atoms with Gasteiger partial charge < -0.3 is 11.5 Å². The highest BCUT2D eigenvalue weighted by molar-refractivity contribution is 5.93. The van der Waals surface area contributed by atoms with Crippen LogP contribution in [0.5, 0.6) is 0 Å². The van der Waals surface area contributed by atoms with E-state index in [2.05, 4.69) is 25.7 Å². The lowest BCUT2D eigenvalue weighted by atomic mass is 9.92. The maximum absolute atomic E-state index is 11.2. The van der Waals surface area contributed by atoms with Crippen molar-refractivity contribution >= 4 is 5.91 Å². The van der Waals surface area contributed by atoms with E-state index in [0.29, 0.717) is 12.1 Å². The van der Waals surface area contributed by atoms with Crippen molar-refractivity contribution in [3.63, 3.8) is 0 Å². The van der Waals surface area contributed by atoms with Crippen LogP contribution in [0.2, 0.25) is 0 Å². The molecule has 4 nitrogen and oxygen atoms in total. The maximum atomic E-state index is 11.2. The van der Waals surface area contributed by atoms with E-state index < -0.39 is 0 Å². The van der Waals surface area contributed by atoms with Crippen LogP contribution in [0, 0.1) is 12.3 Å². The van der Waals surface area contributed by atoms with Gasteiger partial charge in [-0.2, -0.15) is 0 Å². The molecule has 21 heavy (non-hydrogen) atoms.